The zero-order valence-electron chi connectivity index (χ0n) is 19.4. The van der Waals surface area contributed by atoms with E-state index in [0.717, 1.165) is 0 Å². The molecule has 2 amide bonds. The van der Waals surface area contributed by atoms with E-state index in [1.54, 1.807) is 24.4 Å². The van der Waals surface area contributed by atoms with E-state index in [4.69, 9.17) is 21.1 Å². The van der Waals surface area contributed by atoms with Gasteiger partial charge in [-0.15, -0.1) is 0 Å². The minimum Gasteiger partial charge on any atom is -0.506 e. The first-order valence-electron chi connectivity index (χ1n) is 11.3. The summed E-state index contributed by atoms with van der Waals surface area (Å²) in [5.74, 6) is -1.08. The summed E-state index contributed by atoms with van der Waals surface area (Å²) in [4.78, 5) is 33.6. The van der Waals surface area contributed by atoms with E-state index in [1.165, 1.54) is 6.20 Å². The highest BCUT2D eigenvalue weighted by molar-refractivity contribution is 9.10. The number of benzene rings is 1. The first-order chi connectivity index (χ1) is 17.3. The lowest BCUT2D eigenvalue weighted by Gasteiger charge is -2.30. The summed E-state index contributed by atoms with van der Waals surface area (Å²) in [6.07, 6.45) is 3.47. The van der Waals surface area contributed by atoms with Crippen LogP contribution in [0.3, 0.4) is 0 Å². The number of aromatic hydroxyl groups is 1. The Morgan fingerprint density at radius 2 is 2.06 bits per heavy atom. The Hall–Kier alpha value is -2.93. The number of halogens is 2. The molecule has 1 aromatic heterocycles. The number of nitrogens with zero attached hydrogens (tertiary/aromatic N) is 2. The lowest BCUT2D eigenvalue weighted by Crippen LogP contribution is -2.52. The zero-order chi connectivity index (χ0) is 25.7. The molecule has 1 aromatic carbocycles. The largest absolute Gasteiger partial charge is 0.506 e. The molecule has 2 aromatic rings. The number of hydrogen-bond donors (Lipinski definition) is 5. The van der Waals surface area contributed by atoms with Crippen LogP contribution >= 0.6 is 27.5 Å². The van der Waals surface area contributed by atoms with Crippen molar-refractivity contribution in [3.63, 3.8) is 0 Å². The second kappa shape index (κ2) is 11.4. The van der Waals surface area contributed by atoms with Crippen LogP contribution in [0.15, 0.2) is 40.1 Å². The lowest BCUT2D eigenvalue weighted by molar-refractivity contribution is -0.144. The number of nitrogens with one attached hydrogen (secondary N) is 4. The van der Waals surface area contributed by atoms with E-state index >= 15 is 0 Å². The molecule has 0 bridgehead atoms. The molecule has 5 N–H and O–H groups in total. The van der Waals surface area contributed by atoms with Crippen molar-refractivity contribution in [3.8, 4) is 5.75 Å². The molecule has 1 fully saturated rings. The van der Waals surface area contributed by atoms with Crippen molar-refractivity contribution < 1.29 is 24.2 Å². The molecule has 1 spiro atoms. The van der Waals surface area contributed by atoms with E-state index in [-0.39, 0.29) is 17.9 Å². The second-order valence-corrected chi connectivity index (χ2v) is 9.54. The van der Waals surface area contributed by atoms with Crippen LogP contribution in [0.5, 0.6) is 5.75 Å². The molecule has 1 unspecified atom stereocenters. The number of rotatable bonds is 7. The van der Waals surface area contributed by atoms with Crippen LogP contribution in [0.4, 0.5) is 5.69 Å². The molecule has 0 saturated carbocycles. The second-order valence-electron chi connectivity index (χ2n) is 8.25. The summed E-state index contributed by atoms with van der Waals surface area (Å²) in [5.41, 5.74) is 1.30. The summed E-state index contributed by atoms with van der Waals surface area (Å²) in [6, 6.07) is 4.28. The lowest BCUT2D eigenvalue weighted by atomic mass is 10.0. The van der Waals surface area contributed by atoms with E-state index in [9.17, 15) is 14.7 Å². The van der Waals surface area contributed by atoms with Gasteiger partial charge < -0.3 is 35.8 Å². The van der Waals surface area contributed by atoms with Crippen LogP contribution < -0.4 is 21.3 Å². The molecule has 36 heavy (non-hydrogen) atoms. The first kappa shape index (κ1) is 26.1. The Morgan fingerprint density at radius 1 is 1.28 bits per heavy atom. The quantitative estimate of drug-likeness (QED) is 0.335. The van der Waals surface area contributed by atoms with Gasteiger partial charge in [0.15, 0.2) is 5.96 Å². The minimum absolute atomic E-state index is 0.00139. The molecule has 192 valence electrons. The molecule has 1 saturated heterocycles. The Kier molecular flexibility index (Phi) is 8.29. The Labute approximate surface area is 221 Å². The number of aromatic nitrogens is 1. The van der Waals surface area contributed by atoms with Gasteiger partial charge in [0.25, 0.3) is 5.91 Å². The highest BCUT2D eigenvalue weighted by Gasteiger charge is 2.39. The van der Waals surface area contributed by atoms with Crippen molar-refractivity contribution in [3.05, 3.63) is 51.2 Å². The molecule has 0 radical (unpaired) electrons. The highest BCUT2D eigenvalue weighted by Crippen LogP contribution is 2.36. The van der Waals surface area contributed by atoms with Crippen molar-refractivity contribution in [1.82, 2.24) is 20.9 Å². The fourth-order valence-corrected chi connectivity index (χ4v) is 4.67. The third kappa shape index (κ3) is 6.25. The van der Waals surface area contributed by atoms with Gasteiger partial charge >= 0.3 is 0 Å². The zero-order valence-corrected chi connectivity index (χ0v) is 21.8. The standard InChI is InChI=1S/C23H26BrClN6O5/c1-2-18(16-6-14(25)7-17(24)20(16)33)31-19(32)10-27-21(34)13-5-15(9-26-8-13)30-22-28-11-23(12-29-22)35-3-4-36-23/h5-9,18,33H,2-4,10-12H2,1H3,(H,27,34)(H,31,32)(H2,28,29,30). The highest BCUT2D eigenvalue weighted by atomic mass is 79.9. The van der Waals surface area contributed by atoms with E-state index in [0.29, 0.717) is 59.4 Å². The number of carbonyl (C=O) groups is 2. The predicted molar refractivity (Wildman–Crippen MR) is 137 cm³/mol. The normalized spacial score (nSPS) is 17.1. The van der Waals surface area contributed by atoms with Crippen LogP contribution in [0.1, 0.15) is 35.3 Å². The van der Waals surface area contributed by atoms with Gasteiger partial charge in [-0.3, -0.25) is 14.6 Å². The van der Waals surface area contributed by atoms with Crippen molar-refractivity contribution in [1.29, 1.82) is 0 Å². The Balaban J connectivity index is 1.31. The fourth-order valence-electron chi connectivity index (χ4n) is 3.83. The monoisotopic (exact) mass is 580 g/mol. The third-order valence-electron chi connectivity index (χ3n) is 5.67. The summed E-state index contributed by atoms with van der Waals surface area (Å²) in [7, 11) is 0. The minimum atomic E-state index is -0.718. The van der Waals surface area contributed by atoms with Crippen molar-refractivity contribution in [2.75, 3.05) is 38.2 Å². The topological polar surface area (TPSA) is 146 Å². The van der Waals surface area contributed by atoms with Crippen LogP contribution in [-0.4, -0.2) is 66.5 Å². The Morgan fingerprint density at radius 3 is 2.75 bits per heavy atom. The average molecular weight is 582 g/mol. The van der Waals surface area contributed by atoms with Crippen LogP contribution in [0.2, 0.25) is 5.02 Å². The fraction of sp³-hybridized carbons (Fsp3) is 0.391. The summed E-state index contributed by atoms with van der Waals surface area (Å²) in [6.45, 7) is 3.49. The molecule has 1 atom stereocenters. The number of amides is 2. The molecular weight excluding hydrogens is 556 g/mol. The number of anilines is 1. The smallest absolute Gasteiger partial charge is 0.253 e. The Bertz CT molecular complexity index is 1170. The summed E-state index contributed by atoms with van der Waals surface area (Å²) in [5, 5.41) is 22.3. The molecular formula is C23H26BrClN6O5. The van der Waals surface area contributed by atoms with Gasteiger partial charge in [0.2, 0.25) is 11.7 Å². The average Bonchev–Trinajstić information content (AvgIpc) is 3.33. The molecule has 4 rings (SSSR count). The maximum absolute atomic E-state index is 12.6. The third-order valence-corrected chi connectivity index (χ3v) is 6.49. The van der Waals surface area contributed by atoms with Crippen molar-refractivity contribution in [2.24, 2.45) is 4.99 Å². The van der Waals surface area contributed by atoms with Crippen LogP contribution in [-0.2, 0) is 14.3 Å². The van der Waals surface area contributed by atoms with Crippen LogP contribution in [0, 0.1) is 0 Å². The van der Waals surface area contributed by atoms with E-state index < -0.39 is 23.6 Å². The molecule has 2 aliphatic rings. The van der Waals surface area contributed by atoms with E-state index in [1.807, 2.05) is 6.92 Å². The molecule has 11 nitrogen and oxygen atoms in total. The number of aliphatic imine (C=N–C) groups is 1. The first-order valence-corrected chi connectivity index (χ1v) is 12.5. The number of phenols is 1. The molecule has 0 aliphatic carbocycles. The SMILES string of the molecule is CCC(NC(=O)CNC(=O)c1cncc(NC2=NCC3(CN2)OCCO3)c1)c1cc(Cl)cc(Br)c1O. The van der Waals surface area contributed by atoms with Crippen molar-refractivity contribution >= 4 is 51.0 Å². The predicted octanol–water partition coefficient (Wildman–Crippen LogP) is 2.31. The number of guanidine groups is 1. The van der Waals surface area contributed by atoms with Gasteiger partial charge in [-0.05, 0) is 40.5 Å². The van der Waals surface area contributed by atoms with Gasteiger partial charge in [-0.2, -0.15) is 0 Å². The van der Waals surface area contributed by atoms with E-state index in [2.05, 4.69) is 47.2 Å². The van der Waals surface area contributed by atoms with Gasteiger partial charge in [0, 0.05) is 16.8 Å². The van der Waals surface area contributed by atoms with Gasteiger partial charge in [0.1, 0.15) is 5.75 Å². The van der Waals surface area contributed by atoms with Crippen molar-refractivity contribution in [2.45, 2.75) is 25.2 Å². The molecule has 3 heterocycles. The molecule has 13 heteroatoms. The maximum atomic E-state index is 12.6. The van der Waals surface area contributed by atoms with Gasteiger partial charge in [0.05, 0.1) is 60.8 Å². The number of pyridine rings is 1. The number of hydrogen-bond acceptors (Lipinski definition) is 9. The number of phenolic OH excluding ortho intramolecular Hbond substituents is 1. The van der Waals surface area contributed by atoms with Crippen LogP contribution in [0.25, 0.3) is 0 Å². The number of carbonyl (C=O) groups excluding carboxylic acids is 2. The summed E-state index contributed by atoms with van der Waals surface area (Å²) < 4.78 is 11.7. The summed E-state index contributed by atoms with van der Waals surface area (Å²) >= 11 is 9.34. The van der Waals surface area contributed by atoms with Gasteiger partial charge in [-0.25, -0.2) is 4.99 Å². The number of ether oxygens (including phenoxy) is 2. The van der Waals surface area contributed by atoms with Gasteiger partial charge in [-0.1, -0.05) is 18.5 Å². The molecule has 2 aliphatic heterocycles. The maximum Gasteiger partial charge on any atom is 0.253 e.